The summed E-state index contributed by atoms with van der Waals surface area (Å²) in [6.07, 6.45) is 0. The van der Waals surface area contributed by atoms with Gasteiger partial charge in [0.15, 0.2) is 0 Å². The van der Waals surface area contributed by atoms with Gasteiger partial charge in [-0.2, -0.15) is 0 Å². The molecule has 0 aliphatic rings. The summed E-state index contributed by atoms with van der Waals surface area (Å²) < 4.78 is 18.4. The van der Waals surface area contributed by atoms with Crippen LogP contribution in [0.25, 0.3) is 0 Å². The number of ether oxygens (including phenoxy) is 1. The Balaban J connectivity index is 2.72. The van der Waals surface area contributed by atoms with Crippen LogP contribution in [0.2, 0.25) is 0 Å². The molecule has 1 aromatic rings. The third-order valence-corrected chi connectivity index (χ3v) is 2.33. The van der Waals surface area contributed by atoms with Crippen molar-refractivity contribution < 1.29 is 13.9 Å². The molecule has 0 bridgehead atoms. The number of halogens is 1. The highest BCUT2D eigenvalue weighted by atomic mass is 19.1. The van der Waals surface area contributed by atoms with Crippen LogP contribution in [0.5, 0.6) is 0 Å². The zero-order valence-electron chi connectivity index (χ0n) is 11.5. The molecule has 0 spiro atoms. The minimum absolute atomic E-state index is 0.334. The molecule has 3 nitrogen and oxygen atoms in total. The lowest BCUT2D eigenvalue weighted by atomic mass is 10.1. The average Bonchev–Trinajstić information content (AvgIpc) is 2.21. The Hall–Kier alpha value is -1.58. The van der Waals surface area contributed by atoms with Crippen molar-refractivity contribution in [2.75, 3.05) is 5.32 Å². The summed E-state index contributed by atoms with van der Waals surface area (Å²) in [5.74, 6) is -0.689. The predicted molar refractivity (Wildman–Crippen MR) is 70.1 cm³/mol. The second kappa shape index (κ2) is 5.38. The van der Waals surface area contributed by atoms with Gasteiger partial charge in [0.25, 0.3) is 0 Å². The lowest BCUT2D eigenvalue weighted by molar-refractivity contribution is -0.155. The number of anilines is 1. The van der Waals surface area contributed by atoms with Crippen LogP contribution in [0.1, 0.15) is 33.3 Å². The molecule has 1 N–H and O–H groups in total. The third kappa shape index (κ3) is 4.35. The van der Waals surface area contributed by atoms with Crippen molar-refractivity contribution in [1.82, 2.24) is 0 Å². The van der Waals surface area contributed by atoms with Crippen LogP contribution >= 0.6 is 0 Å². The molecule has 0 heterocycles. The summed E-state index contributed by atoms with van der Waals surface area (Å²) >= 11 is 0. The number of carbonyl (C=O) groups is 1. The van der Waals surface area contributed by atoms with Crippen molar-refractivity contribution >= 4 is 11.7 Å². The Morgan fingerprint density at radius 3 is 2.56 bits per heavy atom. The van der Waals surface area contributed by atoms with E-state index in [-0.39, 0.29) is 11.8 Å². The van der Waals surface area contributed by atoms with Crippen LogP contribution in [0.15, 0.2) is 18.2 Å². The molecule has 1 unspecified atom stereocenters. The number of nitrogens with one attached hydrogen (secondary N) is 1. The van der Waals surface area contributed by atoms with Gasteiger partial charge in [-0.25, -0.2) is 9.18 Å². The zero-order chi connectivity index (χ0) is 13.9. The van der Waals surface area contributed by atoms with Gasteiger partial charge in [0, 0.05) is 5.69 Å². The van der Waals surface area contributed by atoms with E-state index in [1.807, 2.05) is 27.7 Å². The van der Waals surface area contributed by atoms with Crippen molar-refractivity contribution in [2.24, 2.45) is 0 Å². The topological polar surface area (TPSA) is 38.3 Å². The first-order valence-electron chi connectivity index (χ1n) is 5.94. The summed E-state index contributed by atoms with van der Waals surface area (Å²) in [4.78, 5) is 11.8. The van der Waals surface area contributed by atoms with Crippen molar-refractivity contribution in [3.8, 4) is 0 Å². The number of rotatable bonds is 3. The van der Waals surface area contributed by atoms with E-state index >= 15 is 0 Å². The van der Waals surface area contributed by atoms with E-state index in [0.717, 1.165) is 5.56 Å². The Kier molecular flexibility index (Phi) is 4.33. The molecule has 18 heavy (non-hydrogen) atoms. The van der Waals surface area contributed by atoms with Crippen molar-refractivity contribution in [3.05, 3.63) is 29.6 Å². The van der Waals surface area contributed by atoms with Gasteiger partial charge in [0.1, 0.15) is 17.5 Å². The van der Waals surface area contributed by atoms with Crippen LogP contribution in [0.3, 0.4) is 0 Å². The maximum Gasteiger partial charge on any atom is 0.328 e. The van der Waals surface area contributed by atoms with E-state index in [1.165, 1.54) is 12.1 Å². The molecule has 1 atom stereocenters. The fourth-order valence-electron chi connectivity index (χ4n) is 1.43. The first kappa shape index (κ1) is 14.5. The second-order valence-corrected chi connectivity index (χ2v) is 5.36. The number of benzene rings is 1. The maximum atomic E-state index is 13.1. The number of aryl methyl sites for hydroxylation is 1. The lowest BCUT2D eigenvalue weighted by Gasteiger charge is -2.23. The molecule has 1 rings (SSSR count). The monoisotopic (exact) mass is 253 g/mol. The molecule has 4 heteroatoms. The first-order valence-corrected chi connectivity index (χ1v) is 5.94. The van der Waals surface area contributed by atoms with E-state index in [9.17, 15) is 9.18 Å². The number of hydrogen-bond acceptors (Lipinski definition) is 3. The van der Waals surface area contributed by atoms with E-state index in [0.29, 0.717) is 5.69 Å². The van der Waals surface area contributed by atoms with E-state index in [4.69, 9.17) is 4.74 Å². The molecular weight excluding hydrogens is 233 g/mol. The van der Waals surface area contributed by atoms with Gasteiger partial charge in [0.05, 0.1) is 0 Å². The van der Waals surface area contributed by atoms with Gasteiger partial charge in [-0.3, -0.25) is 0 Å². The molecule has 0 fully saturated rings. The Morgan fingerprint density at radius 2 is 2.00 bits per heavy atom. The summed E-state index contributed by atoms with van der Waals surface area (Å²) in [7, 11) is 0. The fourth-order valence-corrected chi connectivity index (χ4v) is 1.43. The molecule has 100 valence electrons. The lowest BCUT2D eigenvalue weighted by Crippen LogP contribution is -2.34. The highest BCUT2D eigenvalue weighted by Crippen LogP contribution is 2.18. The minimum Gasteiger partial charge on any atom is -0.458 e. The number of carbonyl (C=O) groups excluding carboxylic acids is 1. The van der Waals surface area contributed by atoms with Crippen LogP contribution in [-0.4, -0.2) is 17.6 Å². The molecule has 0 aliphatic carbocycles. The quantitative estimate of drug-likeness (QED) is 0.840. The van der Waals surface area contributed by atoms with Crippen molar-refractivity contribution in [1.29, 1.82) is 0 Å². The zero-order valence-corrected chi connectivity index (χ0v) is 11.5. The van der Waals surface area contributed by atoms with Gasteiger partial charge in [0.2, 0.25) is 0 Å². The summed E-state index contributed by atoms with van der Waals surface area (Å²) in [5, 5.41) is 2.96. The average molecular weight is 253 g/mol. The second-order valence-electron chi connectivity index (χ2n) is 5.36. The van der Waals surface area contributed by atoms with Gasteiger partial charge in [-0.05, 0) is 52.3 Å². The molecule has 0 aromatic heterocycles. The summed E-state index contributed by atoms with van der Waals surface area (Å²) in [6, 6.07) is 3.90. The smallest absolute Gasteiger partial charge is 0.328 e. The van der Waals surface area contributed by atoms with Crippen LogP contribution < -0.4 is 5.32 Å². The van der Waals surface area contributed by atoms with Crippen molar-refractivity contribution in [2.45, 2.75) is 46.3 Å². The maximum absolute atomic E-state index is 13.1. The Morgan fingerprint density at radius 1 is 1.39 bits per heavy atom. The van der Waals surface area contributed by atoms with Gasteiger partial charge >= 0.3 is 5.97 Å². The van der Waals surface area contributed by atoms with Crippen LogP contribution in [-0.2, 0) is 9.53 Å². The highest BCUT2D eigenvalue weighted by molar-refractivity contribution is 5.79. The number of esters is 1. The van der Waals surface area contributed by atoms with E-state index in [2.05, 4.69) is 5.32 Å². The normalized spacial score (nSPS) is 13.0. The first-order chi connectivity index (χ1) is 8.19. The fraction of sp³-hybridized carbons (Fsp3) is 0.500. The largest absolute Gasteiger partial charge is 0.458 e. The van der Waals surface area contributed by atoms with Crippen molar-refractivity contribution in [3.63, 3.8) is 0 Å². The molecule has 0 aliphatic heterocycles. The van der Waals surface area contributed by atoms with E-state index < -0.39 is 11.6 Å². The van der Waals surface area contributed by atoms with Gasteiger partial charge < -0.3 is 10.1 Å². The molecule has 0 saturated heterocycles. The summed E-state index contributed by atoms with van der Waals surface area (Å²) in [6.45, 7) is 8.98. The molecule has 1 aromatic carbocycles. The third-order valence-electron chi connectivity index (χ3n) is 2.33. The van der Waals surface area contributed by atoms with Crippen LogP contribution in [0, 0.1) is 12.7 Å². The molecular formula is C14H20FNO2. The molecule has 0 amide bonds. The SMILES string of the molecule is Cc1ccc(F)cc1NC(C)C(=O)OC(C)(C)C. The van der Waals surface area contributed by atoms with Gasteiger partial charge in [-0.15, -0.1) is 0 Å². The highest BCUT2D eigenvalue weighted by Gasteiger charge is 2.21. The Bertz CT molecular complexity index is 438. The predicted octanol–water partition coefficient (Wildman–Crippen LogP) is 3.28. The Labute approximate surface area is 107 Å². The number of hydrogen-bond donors (Lipinski definition) is 1. The van der Waals surface area contributed by atoms with E-state index in [1.54, 1.807) is 13.0 Å². The standard InChI is InChI=1S/C14H20FNO2/c1-9-6-7-11(15)8-12(9)16-10(2)13(17)18-14(3,4)5/h6-8,10,16H,1-5H3. The van der Waals surface area contributed by atoms with Crippen LogP contribution in [0.4, 0.5) is 10.1 Å². The summed E-state index contributed by atoms with van der Waals surface area (Å²) in [5.41, 5.74) is 0.962. The molecule has 0 radical (unpaired) electrons. The minimum atomic E-state index is -0.524. The van der Waals surface area contributed by atoms with Gasteiger partial charge in [-0.1, -0.05) is 6.07 Å². The molecule has 0 saturated carbocycles.